The lowest BCUT2D eigenvalue weighted by molar-refractivity contribution is 0.0954. The maximum atomic E-state index is 12.2. The van der Waals surface area contributed by atoms with Crippen LogP contribution in [0.25, 0.3) is 11.4 Å². The molecule has 26 heavy (non-hydrogen) atoms. The van der Waals surface area contributed by atoms with Crippen LogP contribution in [0.15, 0.2) is 52.8 Å². The molecule has 3 aromatic rings. The van der Waals surface area contributed by atoms with Crippen molar-refractivity contribution < 1.29 is 4.79 Å². The van der Waals surface area contributed by atoms with E-state index >= 15 is 0 Å². The largest absolute Gasteiger partial charge is 0.351 e. The summed E-state index contributed by atoms with van der Waals surface area (Å²) >= 11 is 1.53. The van der Waals surface area contributed by atoms with Gasteiger partial charge in [0, 0.05) is 43.5 Å². The second kappa shape index (κ2) is 8.01. The third-order valence-electron chi connectivity index (χ3n) is 3.73. The molecule has 0 radical (unpaired) electrons. The molecule has 0 atom stereocenters. The van der Waals surface area contributed by atoms with Gasteiger partial charge in [0.05, 0.1) is 0 Å². The number of nitrogens with zero attached hydrogens (tertiary/aromatic N) is 3. The Morgan fingerprint density at radius 3 is 2.88 bits per heavy atom. The van der Waals surface area contributed by atoms with E-state index in [-0.39, 0.29) is 5.56 Å². The van der Waals surface area contributed by atoms with Gasteiger partial charge in [-0.2, -0.15) is 0 Å². The highest BCUT2D eigenvalue weighted by atomic mass is 32.2. The van der Waals surface area contributed by atoms with Crippen LogP contribution in [0.1, 0.15) is 15.9 Å². The Morgan fingerprint density at radius 1 is 1.35 bits per heavy atom. The van der Waals surface area contributed by atoms with Crippen molar-refractivity contribution in [3.63, 3.8) is 0 Å². The van der Waals surface area contributed by atoms with Crippen molar-refractivity contribution in [2.24, 2.45) is 7.05 Å². The number of aryl methyl sites for hydroxylation is 2. The zero-order valence-electron chi connectivity index (χ0n) is 14.5. The highest BCUT2D eigenvalue weighted by Crippen LogP contribution is 2.15. The topological polar surface area (TPSA) is 92.7 Å². The molecule has 2 aromatic heterocycles. The molecule has 0 aliphatic heterocycles. The van der Waals surface area contributed by atoms with Gasteiger partial charge < -0.3 is 14.9 Å². The van der Waals surface area contributed by atoms with Crippen LogP contribution in [0.4, 0.5) is 0 Å². The molecule has 8 heteroatoms. The second-order valence-corrected chi connectivity index (χ2v) is 6.83. The molecule has 0 saturated heterocycles. The first-order valence-corrected chi connectivity index (χ1v) is 9.08. The number of H-pyrrole nitrogens is 1. The summed E-state index contributed by atoms with van der Waals surface area (Å²) in [4.78, 5) is 35.5. The summed E-state index contributed by atoms with van der Waals surface area (Å²) in [7, 11) is 1.91. The molecule has 0 unspecified atom stereocenters. The number of imidazole rings is 1. The van der Waals surface area contributed by atoms with Gasteiger partial charge in [0.2, 0.25) is 0 Å². The summed E-state index contributed by atoms with van der Waals surface area (Å²) < 4.78 is 1.91. The summed E-state index contributed by atoms with van der Waals surface area (Å²) in [6.07, 6.45) is 4.90. The van der Waals surface area contributed by atoms with E-state index in [1.165, 1.54) is 18.0 Å². The first-order valence-electron chi connectivity index (χ1n) is 8.09. The lowest BCUT2D eigenvalue weighted by atomic mass is 10.1. The molecule has 0 aliphatic rings. The van der Waals surface area contributed by atoms with Crippen LogP contribution in [-0.2, 0) is 7.05 Å². The van der Waals surface area contributed by atoms with Gasteiger partial charge in [0.15, 0.2) is 5.16 Å². The van der Waals surface area contributed by atoms with E-state index < -0.39 is 11.5 Å². The van der Waals surface area contributed by atoms with Crippen LogP contribution in [0.2, 0.25) is 0 Å². The van der Waals surface area contributed by atoms with E-state index in [0.717, 1.165) is 16.3 Å². The first kappa shape index (κ1) is 17.9. The van der Waals surface area contributed by atoms with Crippen molar-refractivity contribution in [1.82, 2.24) is 24.8 Å². The number of hydrogen-bond donors (Lipinski definition) is 2. The Hall–Kier alpha value is -2.87. The summed E-state index contributed by atoms with van der Waals surface area (Å²) in [6, 6.07) is 7.64. The van der Waals surface area contributed by atoms with Gasteiger partial charge in [0.25, 0.3) is 11.5 Å². The maximum Gasteiger partial charge on any atom is 0.264 e. The number of aromatic amines is 1. The van der Waals surface area contributed by atoms with Crippen molar-refractivity contribution >= 4 is 17.7 Å². The highest BCUT2D eigenvalue weighted by molar-refractivity contribution is 7.99. The average molecular weight is 369 g/mol. The number of aromatic nitrogens is 4. The van der Waals surface area contributed by atoms with Crippen molar-refractivity contribution in [3.05, 3.63) is 64.3 Å². The smallest absolute Gasteiger partial charge is 0.264 e. The Morgan fingerprint density at radius 2 is 2.19 bits per heavy atom. The van der Waals surface area contributed by atoms with Gasteiger partial charge in [-0.15, -0.1) is 0 Å². The summed E-state index contributed by atoms with van der Waals surface area (Å²) in [5.41, 5.74) is 1.42. The third kappa shape index (κ3) is 4.20. The molecule has 134 valence electrons. The Labute approximate surface area is 154 Å². The number of nitrogens with one attached hydrogen (secondary N) is 2. The number of rotatable bonds is 6. The standard InChI is InChI=1S/C18H19N5O2S/c1-12-4-3-5-13(10-12)15-21-11-14(17(25)22-15)16(24)19-7-9-26-18-20-6-8-23(18)2/h3-6,8,10-11H,7,9H2,1-2H3,(H,19,24)(H,21,22,25). The second-order valence-electron chi connectivity index (χ2n) is 5.77. The molecule has 0 aliphatic carbocycles. The highest BCUT2D eigenvalue weighted by Gasteiger charge is 2.12. The lowest BCUT2D eigenvalue weighted by Gasteiger charge is -2.06. The van der Waals surface area contributed by atoms with Crippen LogP contribution >= 0.6 is 11.8 Å². The number of amides is 1. The number of hydrogen-bond acceptors (Lipinski definition) is 5. The molecule has 0 spiro atoms. The zero-order chi connectivity index (χ0) is 18.5. The van der Waals surface area contributed by atoms with Gasteiger partial charge in [-0.05, 0) is 13.0 Å². The van der Waals surface area contributed by atoms with Gasteiger partial charge in [-0.25, -0.2) is 9.97 Å². The minimum absolute atomic E-state index is 0.00314. The van der Waals surface area contributed by atoms with Crippen LogP contribution < -0.4 is 10.9 Å². The van der Waals surface area contributed by atoms with Crippen LogP contribution in [0.5, 0.6) is 0 Å². The van der Waals surface area contributed by atoms with Gasteiger partial charge in [0.1, 0.15) is 11.4 Å². The Kier molecular flexibility index (Phi) is 5.52. The van der Waals surface area contributed by atoms with E-state index in [1.54, 1.807) is 6.20 Å². The molecule has 0 bridgehead atoms. The number of benzene rings is 1. The summed E-state index contributed by atoms with van der Waals surface area (Å²) in [6.45, 7) is 2.39. The monoisotopic (exact) mass is 369 g/mol. The van der Waals surface area contributed by atoms with Gasteiger partial charge in [-0.3, -0.25) is 9.59 Å². The van der Waals surface area contributed by atoms with E-state index in [1.807, 2.05) is 49.0 Å². The summed E-state index contributed by atoms with van der Waals surface area (Å²) in [5, 5.41) is 3.61. The number of carbonyl (C=O) groups excluding carboxylic acids is 1. The van der Waals surface area contributed by atoms with Crippen LogP contribution in [-0.4, -0.2) is 37.7 Å². The first-order chi connectivity index (χ1) is 12.5. The minimum Gasteiger partial charge on any atom is -0.351 e. The predicted octanol–water partition coefficient (Wildman–Crippen LogP) is 2.00. The molecule has 0 saturated carbocycles. The summed E-state index contributed by atoms with van der Waals surface area (Å²) in [5.74, 6) is 0.666. The number of thioether (sulfide) groups is 1. The SMILES string of the molecule is Cc1cccc(-c2ncc(C(=O)NCCSc3nccn3C)c(=O)[nH]2)c1. The molecule has 2 heterocycles. The fourth-order valence-corrected chi connectivity index (χ4v) is 3.18. The van der Waals surface area contributed by atoms with Crippen LogP contribution in [0, 0.1) is 6.92 Å². The Bertz CT molecular complexity index is 979. The average Bonchev–Trinajstić information content (AvgIpc) is 3.03. The number of carbonyl (C=O) groups is 1. The van der Waals surface area contributed by atoms with Crippen LogP contribution in [0.3, 0.4) is 0 Å². The molecule has 2 N–H and O–H groups in total. The fourth-order valence-electron chi connectivity index (χ4n) is 2.39. The zero-order valence-corrected chi connectivity index (χ0v) is 15.3. The molecule has 1 amide bonds. The molecule has 0 fully saturated rings. The van der Waals surface area contributed by atoms with E-state index in [2.05, 4.69) is 20.3 Å². The Balaban J connectivity index is 1.61. The van der Waals surface area contributed by atoms with Crippen molar-refractivity contribution in [3.8, 4) is 11.4 Å². The third-order valence-corrected chi connectivity index (χ3v) is 4.79. The van der Waals surface area contributed by atoms with E-state index in [0.29, 0.717) is 18.1 Å². The van der Waals surface area contributed by atoms with E-state index in [4.69, 9.17) is 0 Å². The van der Waals surface area contributed by atoms with Crippen molar-refractivity contribution in [1.29, 1.82) is 0 Å². The normalized spacial score (nSPS) is 10.7. The quantitative estimate of drug-likeness (QED) is 0.512. The van der Waals surface area contributed by atoms with Gasteiger partial charge >= 0.3 is 0 Å². The molecule has 7 nitrogen and oxygen atoms in total. The predicted molar refractivity (Wildman–Crippen MR) is 101 cm³/mol. The fraction of sp³-hybridized carbons (Fsp3) is 0.222. The molecule has 3 rings (SSSR count). The molecule has 1 aromatic carbocycles. The molecular weight excluding hydrogens is 350 g/mol. The van der Waals surface area contributed by atoms with Gasteiger partial charge in [-0.1, -0.05) is 35.5 Å². The van der Waals surface area contributed by atoms with Crippen molar-refractivity contribution in [2.45, 2.75) is 12.1 Å². The van der Waals surface area contributed by atoms with E-state index in [9.17, 15) is 9.59 Å². The minimum atomic E-state index is -0.453. The van der Waals surface area contributed by atoms with Crippen molar-refractivity contribution in [2.75, 3.05) is 12.3 Å². The lowest BCUT2D eigenvalue weighted by Crippen LogP contribution is -2.31. The molecular formula is C18H19N5O2S. The maximum absolute atomic E-state index is 12.2.